The van der Waals surface area contributed by atoms with Gasteiger partial charge in [-0.1, -0.05) is 6.07 Å². The second-order valence-electron chi connectivity index (χ2n) is 7.22. The van der Waals surface area contributed by atoms with Gasteiger partial charge in [-0.2, -0.15) is 8.75 Å². The molecule has 1 aliphatic rings. The van der Waals surface area contributed by atoms with Crippen LogP contribution in [-0.2, 0) is 13.1 Å². The fourth-order valence-electron chi connectivity index (χ4n) is 3.77. The van der Waals surface area contributed by atoms with E-state index < -0.39 is 0 Å². The third kappa shape index (κ3) is 3.19. The Morgan fingerprint density at radius 3 is 2.86 bits per heavy atom. The van der Waals surface area contributed by atoms with Gasteiger partial charge in [0, 0.05) is 37.8 Å². The molecule has 0 bridgehead atoms. The number of nitrogens with zero attached hydrogens (tertiary/aromatic N) is 6. The Balaban J connectivity index is 1.40. The lowest BCUT2D eigenvalue weighted by molar-refractivity contribution is 0.0785. The van der Waals surface area contributed by atoms with Crippen LogP contribution in [0.15, 0.2) is 29.8 Å². The molecule has 1 fully saturated rings. The van der Waals surface area contributed by atoms with Crippen molar-refractivity contribution >= 4 is 45.0 Å². The molecule has 1 aliphatic heterocycles. The van der Waals surface area contributed by atoms with Crippen LogP contribution in [0.4, 0.5) is 0 Å². The van der Waals surface area contributed by atoms with Crippen LogP contribution in [0, 0.1) is 0 Å². The molecule has 9 heteroatoms. The lowest BCUT2D eigenvalue weighted by atomic mass is 10.2. The van der Waals surface area contributed by atoms with Gasteiger partial charge in [0.25, 0.3) is 5.91 Å². The lowest BCUT2D eigenvalue weighted by Gasteiger charge is -2.19. The zero-order valence-corrected chi connectivity index (χ0v) is 17.2. The number of amides is 1. The summed E-state index contributed by atoms with van der Waals surface area (Å²) in [7, 11) is 2.07. The van der Waals surface area contributed by atoms with E-state index >= 15 is 0 Å². The first kappa shape index (κ1) is 17.7. The third-order valence-corrected chi connectivity index (χ3v) is 6.46. The van der Waals surface area contributed by atoms with Crippen LogP contribution in [0.1, 0.15) is 34.6 Å². The van der Waals surface area contributed by atoms with Crippen LogP contribution in [0.3, 0.4) is 0 Å². The maximum atomic E-state index is 13.0. The molecule has 0 unspecified atom stereocenters. The highest BCUT2D eigenvalue weighted by atomic mass is 32.1. The molecule has 7 nitrogen and oxygen atoms in total. The fourth-order valence-corrected chi connectivity index (χ4v) is 5.02. The van der Waals surface area contributed by atoms with Gasteiger partial charge < -0.3 is 4.90 Å². The summed E-state index contributed by atoms with van der Waals surface area (Å²) < 4.78 is 10.6. The van der Waals surface area contributed by atoms with Crippen LogP contribution in [-0.4, -0.2) is 54.0 Å². The Morgan fingerprint density at radius 1 is 1.18 bits per heavy atom. The number of imidazole rings is 1. The second kappa shape index (κ2) is 7.23. The van der Waals surface area contributed by atoms with Crippen molar-refractivity contribution in [3.05, 3.63) is 46.7 Å². The average Bonchev–Trinajstić information content (AvgIpc) is 3.46. The zero-order chi connectivity index (χ0) is 19.1. The summed E-state index contributed by atoms with van der Waals surface area (Å²) in [5, 5.41) is 2.01. The first-order chi connectivity index (χ1) is 13.7. The largest absolute Gasteiger partial charge is 0.337 e. The number of fused-ring (bicyclic) bond motifs is 2. The summed E-state index contributed by atoms with van der Waals surface area (Å²) in [6, 6.07) is 6.19. The van der Waals surface area contributed by atoms with Crippen molar-refractivity contribution in [3.63, 3.8) is 0 Å². The molecule has 0 aliphatic carbocycles. The molecule has 0 N–H and O–H groups in total. The van der Waals surface area contributed by atoms with Crippen molar-refractivity contribution in [2.75, 3.05) is 20.1 Å². The van der Waals surface area contributed by atoms with E-state index in [1.165, 1.54) is 17.3 Å². The maximum absolute atomic E-state index is 13.0. The Hall–Kier alpha value is -2.36. The second-order valence-corrected chi connectivity index (χ2v) is 8.62. The van der Waals surface area contributed by atoms with Gasteiger partial charge in [-0.25, -0.2) is 4.98 Å². The molecule has 1 amide bonds. The molecule has 1 saturated heterocycles. The van der Waals surface area contributed by atoms with E-state index in [0.29, 0.717) is 12.2 Å². The summed E-state index contributed by atoms with van der Waals surface area (Å²) in [6.07, 6.45) is 4.16. The number of benzene rings is 1. The molecule has 0 radical (unpaired) electrons. The standard InChI is InChI=1S/C19H20N6OS2/c1-23(11-13-4-5-14-15(10-13)22-28-21-14)12-16-17(18(26)24-6-2-3-7-24)20-19-25(16)8-9-27-19/h4-5,8-10H,2-3,6-7,11-12H2,1H3. The number of aromatic nitrogens is 4. The summed E-state index contributed by atoms with van der Waals surface area (Å²) in [6.45, 7) is 3.09. The molecular weight excluding hydrogens is 392 g/mol. The highest BCUT2D eigenvalue weighted by Crippen LogP contribution is 2.23. The zero-order valence-electron chi connectivity index (χ0n) is 15.5. The van der Waals surface area contributed by atoms with Crippen molar-refractivity contribution in [1.82, 2.24) is 27.9 Å². The minimum Gasteiger partial charge on any atom is -0.337 e. The quantitative estimate of drug-likeness (QED) is 0.503. The number of likely N-dealkylation sites (tertiary alicyclic amines) is 1. The number of hydrogen-bond donors (Lipinski definition) is 0. The molecule has 3 aromatic heterocycles. The predicted octanol–water partition coefficient (Wildman–Crippen LogP) is 3.27. The normalized spacial score (nSPS) is 14.7. The van der Waals surface area contributed by atoms with E-state index in [2.05, 4.69) is 42.2 Å². The van der Waals surface area contributed by atoms with Crippen molar-refractivity contribution < 1.29 is 4.79 Å². The molecule has 0 spiro atoms. The van der Waals surface area contributed by atoms with E-state index in [9.17, 15) is 4.79 Å². The van der Waals surface area contributed by atoms with E-state index in [4.69, 9.17) is 0 Å². The number of carbonyl (C=O) groups is 1. The molecule has 5 rings (SSSR count). The van der Waals surface area contributed by atoms with E-state index in [1.807, 2.05) is 22.5 Å². The summed E-state index contributed by atoms with van der Waals surface area (Å²) in [4.78, 5) is 22.7. The number of hydrogen-bond acceptors (Lipinski definition) is 7. The maximum Gasteiger partial charge on any atom is 0.274 e. The van der Waals surface area contributed by atoms with Gasteiger partial charge in [0.1, 0.15) is 11.0 Å². The van der Waals surface area contributed by atoms with Gasteiger partial charge in [-0.15, -0.1) is 11.3 Å². The van der Waals surface area contributed by atoms with Crippen molar-refractivity contribution in [2.24, 2.45) is 0 Å². The summed E-state index contributed by atoms with van der Waals surface area (Å²) in [5.41, 5.74) is 4.61. The highest BCUT2D eigenvalue weighted by molar-refractivity contribution is 7.15. The smallest absolute Gasteiger partial charge is 0.274 e. The van der Waals surface area contributed by atoms with Crippen molar-refractivity contribution in [3.8, 4) is 0 Å². The molecule has 4 heterocycles. The van der Waals surface area contributed by atoms with Gasteiger partial charge in [-0.05, 0) is 37.6 Å². The van der Waals surface area contributed by atoms with E-state index in [1.54, 1.807) is 11.3 Å². The Morgan fingerprint density at radius 2 is 2.00 bits per heavy atom. The fraction of sp³-hybridized carbons (Fsp3) is 0.368. The van der Waals surface area contributed by atoms with Crippen molar-refractivity contribution in [1.29, 1.82) is 0 Å². The number of rotatable bonds is 5. The molecule has 0 atom stereocenters. The molecule has 0 saturated carbocycles. The average molecular weight is 413 g/mol. The van der Waals surface area contributed by atoms with Crippen LogP contribution >= 0.6 is 23.1 Å². The monoisotopic (exact) mass is 412 g/mol. The molecule has 1 aromatic carbocycles. The third-order valence-electron chi connectivity index (χ3n) is 5.15. The first-order valence-corrected chi connectivity index (χ1v) is 10.9. The SMILES string of the molecule is CN(Cc1ccc2nsnc2c1)Cc1c(C(=O)N2CCCC2)nc2sccn12. The van der Waals surface area contributed by atoms with Gasteiger partial charge in [0.15, 0.2) is 10.7 Å². The minimum atomic E-state index is 0.0618. The highest BCUT2D eigenvalue weighted by Gasteiger charge is 2.26. The first-order valence-electron chi connectivity index (χ1n) is 9.32. The Labute approximate surface area is 170 Å². The van der Waals surface area contributed by atoms with Gasteiger partial charge in [0.2, 0.25) is 0 Å². The number of carbonyl (C=O) groups excluding carboxylic acids is 1. The van der Waals surface area contributed by atoms with Crippen LogP contribution in [0.2, 0.25) is 0 Å². The molecule has 144 valence electrons. The molecule has 4 aromatic rings. The lowest BCUT2D eigenvalue weighted by Crippen LogP contribution is -2.30. The van der Waals surface area contributed by atoms with E-state index in [0.717, 1.165) is 54.2 Å². The summed E-state index contributed by atoms with van der Waals surface area (Å²) >= 11 is 2.80. The summed E-state index contributed by atoms with van der Waals surface area (Å²) in [5.74, 6) is 0.0618. The topological polar surface area (TPSA) is 66.6 Å². The van der Waals surface area contributed by atoms with Crippen LogP contribution < -0.4 is 0 Å². The predicted molar refractivity (Wildman–Crippen MR) is 111 cm³/mol. The Bertz CT molecular complexity index is 1140. The van der Waals surface area contributed by atoms with Crippen LogP contribution in [0.5, 0.6) is 0 Å². The minimum absolute atomic E-state index is 0.0618. The van der Waals surface area contributed by atoms with Gasteiger partial charge in [0.05, 0.1) is 17.4 Å². The van der Waals surface area contributed by atoms with Crippen molar-refractivity contribution in [2.45, 2.75) is 25.9 Å². The van der Waals surface area contributed by atoms with E-state index in [-0.39, 0.29) is 5.91 Å². The van der Waals surface area contributed by atoms with Gasteiger partial charge in [-0.3, -0.25) is 14.1 Å². The van der Waals surface area contributed by atoms with Crippen LogP contribution in [0.25, 0.3) is 16.0 Å². The number of thiazole rings is 1. The molecule has 28 heavy (non-hydrogen) atoms. The van der Waals surface area contributed by atoms with Gasteiger partial charge >= 0.3 is 0 Å². The Kier molecular flexibility index (Phi) is 4.58. The molecular formula is C19H20N6OS2.